The first-order chi connectivity index (χ1) is 4.34. The smallest absolute Gasteiger partial charge is 0.151 e. The first-order valence-electron chi connectivity index (χ1n) is 2.33. The van der Waals surface area contributed by atoms with E-state index in [9.17, 15) is 5.21 Å². The van der Waals surface area contributed by atoms with E-state index < -0.39 is 0 Å². The topological polar surface area (TPSA) is 48.0 Å². The molecule has 4 heteroatoms. The molecule has 9 heavy (non-hydrogen) atoms. The van der Waals surface area contributed by atoms with E-state index >= 15 is 0 Å². The van der Waals surface area contributed by atoms with Crippen LogP contribution in [0.5, 0.6) is 0 Å². The number of pyridine rings is 1. The predicted octanol–water partition coefficient (Wildman–Crippen LogP) is 1.64. The number of nitrogens with one attached hydrogen (secondary N) is 1. The molecule has 1 rings (SSSR count). The van der Waals surface area contributed by atoms with Crippen molar-refractivity contribution in [3.05, 3.63) is 28.7 Å². The molecule has 0 unspecified atom stereocenters. The quantitative estimate of drug-likeness (QED) is 0.480. The molecule has 0 amide bonds. The molecular formula is C5H4ClN2O-. The van der Waals surface area contributed by atoms with Crippen molar-refractivity contribution in [3.63, 3.8) is 0 Å². The summed E-state index contributed by atoms with van der Waals surface area (Å²) in [7, 11) is 0. The van der Waals surface area contributed by atoms with Crippen molar-refractivity contribution in [2.75, 3.05) is 5.48 Å². The average molecular weight is 144 g/mol. The molecule has 0 aliphatic carbocycles. The second-order valence-corrected chi connectivity index (χ2v) is 1.80. The fourth-order valence-electron chi connectivity index (χ4n) is 0.462. The molecule has 0 fully saturated rings. The van der Waals surface area contributed by atoms with Crippen molar-refractivity contribution in [3.8, 4) is 0 Å². The second kappa shape index (κ2) is 2.66. The molecule has 0 atom stereocenters. The van der Waals surface area contributed by atoms with Crippen molar-refractivity contribution in [1.29, 1.82) is 0 Å². The summed E-state index contributed by atoms with van der Waals surface area (Å²) in [5, 5.41) is 10.2. The number of halogens is 1. The monoisotopic (exact) mass is 143 g/mol. The van der Waals surface area contributed by atoms with Crippen LogP contribution < -0.4 is 5.48 Å². The van der Waals surface area contributed by atoms with Crippen LogP contribution in [0, 0.1) is 5.21 Å². The lowest BCUT2D eigenvalue weighted by Crippen LogP contribution is -1.86. The van der Waals surface area contributed by atoms with E-state index in [1.807, 2.05) is 0 Å². The molecule has 0 aliphatic rings. The van der Waals surface area contributed by atoms with Gasteiger partial charge in [0.15, 0.2) is 5.15 Å². The Morgan fingerprint density at radius 3 is 2.89 bits per heavy atom. The highest BCUT2D eigenvalue weighted by Gasteiger charge is 1.90. The molecular weight excluding hydrogens is 140 g/mol. The molecule has 0 radical (unpaired) electrons. The van der Waals surface area contributed by atoms with Crippen molar-refractivity contribution in [2.24, 2.45) is 0 Å². The number of hydrogen-bond donors (Lipinski definition) is 1. The largest absolute Gasteiger partial charge is 0.761 e. The molecule has 48 valence electrons. The summed E-state index contributed by atoms with van der Waals surface area (Å²) < 4.78 is 0. The summed E-state index contributed by atoms with van der Waals surface area (Å²) in [5.41, 5.74) is 1.96. The molecule has 3 nitrogen and oxygen atoms in total. The maximum absolute atomic E-state index is 9.98. The lowest BCUT2D eigenvalue weighted by molar-refractivity contribution is 1.32. The van der Waals surface area contributed by atoms with Gasteiger partial charge >= 0.3 is 0 Å². The van der Waals surface area contributed by atoms with Crippen LogP contribution in [0.2, 0.25) is 5.15 Å². The van der Waals surface area contributed by atoms with Crippen molar-refractivity contribution >= 4 is 17.3 Å². The SMILES string of the molecule is [O-]Nc1cccnc1Cl. The van der Waals surface area contributed by atoms with Crippen LogP contribution in [0.4, 0.5) is 5.69 Å². The molecule has 0 spiro atoms. The zero-order valence-corrected chi connectivity index (χ0v) is 5.22. The minimum absolute atomic E-state index is 0.201. The Labute approximate surface area is 57.3 Å². The highest BCUT2D eigenvalue weighted by molar-refractivity contribution is 6.31. The number of nitrogens with zero attached hydrogens (tertiary/aromatic N) is 1. The lowest BCUT2D eigenvalue weighted by Gasteiger charge is -2.08. The van der Waals surface area contributed by atoms with Crippen LogP contribution in [0.3, 0.4) is 0 Å². The average Bonchev–Trinajstić information content (AvgIpc) is 1.89. The Morgan fingerprint density at radius 2 is 2.44 bits per heavy atom. The molecule has 1 heterocycles. The fraction of sp³-hybridized carbons (Fsp3) is 0. The van der Waals surface area contributed by atoms with Gasteiger partial charge in [0.25, 0.3) is 0 Å². The Balaban J connectivity index is 3.01. The van der Waals surface area contributed by atoms with Crippen molar-refractivity contribution in [2.45, 2.75) is 0 Å². The Morgan fingerprint density at radius 1 is 1.67 bits per heavy atom. The molecule has 0 saturated heterocycles. The van der Waals surface area contributed by atoms with Gasteiger partial charge < -0.3 is 10.7 Å². The highest BCUT2D eigenvalue weighted by Crippen LogP contribution is 2.15. The van der Waals surface area contributed by atoms with Gasteiger partial charge in [-0.05, 0) is 12.1 Å². The van der Waals surface area contributed by atoms with Crippen LogP contribution in [0.1, 0.15) is 0 Å². The van der Waals surface area contributed by atoms with Gasteiger partial charge in [-0.2, -0.15) is 0 Å². The van der Waals surface area contributed by atoms with Gasteiger partial charge in [-0.15, -0.1) is 0 Å². The number of anilines is 1. The first-order valence-corrected chi connectivity index (χ1v) is 2.71. The van der Waals surface area contributed by atoms with Crippen LogP contribution in [0.15, 0.2) is 18.3 Å². The maximum Gasteiger partial charge on any atom is 0.151 e. The van der Waals surface area contributed by atoms with E-state index in [1.54, 1.807) is 17.6 Å². The molecule has 0 aliphatic heterocycles. The van der Waals surface area contributed by atoms with Gasteiger partial charge in [-0.3, -0.25) is 0 Å². The van der Waals surface area contributed by atoms with Gasteiger partial charge in [0.1, 0.15) is 0 Å². The summed E-state index contributed by atoms with van der Waals surface area (Å²) in [6, 6.07) is 3.19. The minimum Gasteiger partial charge on any atom is -0.761 e. The normalized spacial score (nSPS) is 9.11. The molecule has 0 saturated carbocycles. The number of rotatable bonds is 1. The third-order valence-corrected chi connectivity index (χ3v) is 1.17. The standard InChI is InChI=1S/C5H4ClN2O/c6-5-4(8-9)2-1-3-7-5/h1-3,8H/q-1. The Bertz CT molecular complexity index is 204. The van der Waals surface area contributed by atoms with Crippen molar-refractivity contribution < 1.29 is 0 Å². The molecule has 0 aromatic carbocycles. The fourth-order valence-corrected chi connectivity index (χ4v) is 0.620. The second-order valence-electron chi connectivity index (χ2n) is 1.44. The van der Waals surface area contributed by atoms with E-state index in [4.69, 9.17) is 11.6 Å². The van der Waals surface area contributed by atoms with E-state index in [0.717, 1.165) is 0 Å². The highest BCUT2D eigenvalue weighted by atomic mass is 35.5. The van der Waals surface area contributed by atoms with Gasteiger partial charge in [-0.1, -0.05) is 11.6 Å². The predicted molar refractivity (Wildman–Crippen MR) is 36.2 cm³/mol. The lowest BCUT2D eigenvalue weighted by atomic mass is 10.4. The number of hydrogen-bond acceptors (Lipinski definition) is 3. The Hall–Kier alpha value is -0.800. The van der Waals surface area contributed by atoms with E-state index in [-0.39, 0.29) is 5.15 Å². The van der Waals surface area contributed by atoms with Gasteiger partial charge in [0.2, 0.25) is 0 Å². The third-order valence-electron chi connectivity index (χ3n) is 0.869. The Kier molecular flexibility index (Phi) is 1.87. The first kappa shape index (κ1) is 6.32. The summed E-state index contributed by atoms with van der Waals surface area (Å²) in [4.78, 5) is 3.65. The van der Waals surface area contributed by atoms with Crippen LogP contribution in [-0.4, -0.2) is 4.98 Å². The van der Waals surface area contributed by atoms with E-state index in [0.29, 0.717) is 5.69 Å². The zero-order chi connectivity index (χ0) is 6.69. The maximum atomic E-state index is 9.98. The number of aromatic nitrogens is 1. The van der Waals surface area contributed by atoms with Crippen LogP contribution in [-0.2, 0) is 0 Å². The summed E-state index contributed by atoms with van der Waals surface area (Å²) in [6.07, 6.45) is 1.52. The summed E-state index contributed by atoms with van der Waals surface area (Å²) >= 11 is 5.45. The van der Waals surface area contributed by atoms with Crippen LogP contribution >= 0.6 is 11.6 Å². The van der Waals surface area contributed by atoms with Gasteiger partial charge in [0.05, 0.1) is 5.69 Å². The van der Waals surface area contributed by atoms with Gasteiger partial charge in [0, 0.05) is 6.20 Å². The minimum atomic E-state index is 0.201. The summed E-state index contributed by atoms with van der Waals surface area (Å²) in [6.45, 7) is 0. The van der Waals surface area contributed by atoms with E-state index in [1.165, 1.54) is 6.20 Å². The molecule has 1 N–H and O–H groups in total. The van der Waals surface area contributed by atoms with Gasteiger partial charge in [-0.25, -0.2) is 4.98 Å². The molecule has 0 bridgehead atoms. The van der Waals surface area contributed by atoms with Crippen molar-refractivity contribution in [1.82, 2.24) is 4.98 Å². The third kappa shape index (κ3) is 1.31. The van der Waals surface area contributed by atoms with Crippen LogP contribution in [0.25, 0.3) is 0 Å². The summed E-state index contributed by atoms with van der Waals surface area (Å²) in [5.74, 6) is 0. The van der Waals surface area contributed by atoms with E-state index in [2.05, 4.69) is 4.98 Å². The molecule has 1 aromatic rings. The molecule has 1 aromatic heterocycles. The zero-order valence-electron chi connectivity index (χ0n) is 4.47.